The van der Waals surface area contributed by atoms with Gasteiger partial charge in [-0.1, -0.05) is 12.1 Å². The highest BCUT2D eigenvalue weighted by Crippen LogP contribution is 1.98. The van der Waals surface area contributed by atoms with Gasteiger partial charge in [-0.15, -0.1) is 4.43 Å². The van der Waals surface area contributed by atoms with Crippen molar-refractivity contribution in [2.45, 2.75) is 0 Å². The quantitative estimate of drug-likeness (QED) is 0.466. The third-order valence-electron chi connectivity index (χ3n) is 0.981. The zero-order valence-electron chi connectivity index (χ0n) is 4.57. The summed E-state index contributed by atoms with van der Waals surface area (Å²) in [5.74, 6) is -1.59. The molecule has 1 rings (SSSR count). The number of benzene rings is 1. The van der Waals surface area contributed by atoms with Gasteiger partial charge in [0.2, 0.25) is 0 Å². The molecule has 9 heavy (non-hydrogen) atoms. The van der Waals surface area contributed by atoms with Gasteiger partial charge in [0, 0.05) is 0 Å². The molecule has 0 spiro atoms. The molecule has 0 saturated heterocycles. The molecule has 1 aromatic rings. The molecule has 0 nitrogen and oxygen atoms in total. The fraction of sp³-hybridized carbons (Fsp3) is 0. The first kappa shape index (κ1) is 6.73. The van der Waals surface area contributed by atoms with Gasteiger partial charge in [-0.25, -0.2) is 8.78 Å². The zero-order valence-corrected chi connectivity index (χ0v) is 5.72. The maximum atomic E-state index is 12.3. The van der Waals surface area contributed by atoms with Crippen molar-refractivity contribution in [3.05, 3.63) is 29.8 Å². The standard InChI is InChI=1S/C6H3F2.Al/c7-5-3-1-2-4-6(5)8;/h1-3H;. The van der Waals surface area contributed by atoms with Crippen LogP contribution in [0.3, 0.4) is 0 Å². The third-order valence-corrected chi connectivity index (χ3v) is 1.43. The molecule has 3 heteroatoms. The average molecular weight is 140 g/mol. The van der Waals surface area contributed by atoms with E-state index >= 15 is 0 Å². The normalized spacial score (nSPS) is 9.56. The molecule has 0 aliphatic carbocycles. The molecule has 0 amide bonds. The minimum Gasteiger partial charge on any atom is -0.205 e. The maximum absolute atomic E-state index is 12.3. The summed E-state index contributed by atoms with van der Waals surface area (Å²) in [6, 6.07) is 4.03. The molecule has 1 aromatic carbocycles. The molecule has 44 valence electrons. The molecule has 0 bridgehead atoms. The Kier molecular flexibility index (Phi) is 1.85. The van der Waals surface area contributed by atoms with Gasteiger partial charge in [-0.2, -0.15) is 0 Å². The van der Waals surface area contributed by atoms with Crippen LogP contribution < -0.4 is 4.43 Å². The average Bonchev–Trinajstić information content (AvgIpc) is 1.83. The smallest absolute Gasteiger partial charge is 0.180 e. The lowest BCUT2D eigenvalue weighted by Crippen LogP contribution is -2.09. The zero-order chi connectivity index (χ0) is 6.85. The molecule has 0 aromatic heterocycles. The topological polar surface area (TPSA) is 0 Å². The molecule has 0 aliphatic heterocycles. The van der Waals surface area contributed by atoms with Crippen LogP contribution in [0.1, 0.15) is 0 Å². The van der Waals surface area contributed by atoms with E-state index in [4.69, 9.17) is 0 Å². The molecule has 0 atom stereocenters. The van der Waals surface area contributed by atoms with Gasteiger partial charge < -0.3 is 0 Å². The first-order chi connectivity index (χ1) is 4.22. The predicted molar refractivity (Wildman–Crippen MR) is 31.7 cm³/mol. The van der Waals surface area contributed by atoms with Crippen molar-refractivity contribution in [2.75, 3.05) is 0 Å². The molecule has 2 radical (unpaired) electrons. The van der Waals surface area contributed by atoms with Crippen LogP contribution in [-0.2, 0) is 0 Å². The number of rotatable bonds is 0. The molecule has 0 fully saturated rings. The van der Waals surface area contributed by atoms with Gasteiger partial charge in [-0.05, 0) is 6.07 Å². The summed E-state index contributed by atoms with van der Waals surface area (Å²) in [7, 11) is 0. The van der Waals surface area contributed by atoms with Crippen LogP contribution in [0.2, 0.25) is 0 Å². The fourth-order valence-corrected chi connectivity index (χ4v) is 0.769. The second-order valence-electron chi connectivity index (χ2n) is 1.64. The van der Waals surface area contributed by atoms with Gasteiger partial charge in [-0.3, -0.25) is 0 Å². The van der Waals surface area contributed by atoms with E-state index in [1.165, 1.54) is 12.1 Å². The second kappa shape index (κ2) is 2.47. The lowest BCUT2D eigenvalue weighted by Gasteiger charge is -1.94. The molecule has 0 unspecified atom stereocenters. The molecule has 0 heterocycles. The second-order valence-corrected chi connectivity index (χ2v) is 2.27. The van der Waals surface area contributed by atoms with Crippen LogP contribution in [0.15, 0.2) is 18.2 Å². The van der Waals surface area contributed by atoms with Crippen molar-refractivity contribution in [2.24, 2.45) is 0 Å². The largest absolute Gasteiger partial charge is 0.205 e. The Balaban J connectivity index is 3.25. The molecule has 0 saturated carbocycles. The van der Waals surface area contributed by atoms with Gasteiger partial charge in [0.1, 0.15) is 5.82 Å². The highest BCUT2D eigenvalue weighted by atomic mass is 27.0. The Morgan fingerprint density at radius 3 is 2.33 bits per heavy atom. The summed E-state index contributed by atoms with van der Waals surface area (Å²) >= 11 is 2.11. The summed E-state index contributed by atoms with van der Waals surface area (Å²) in [5, 5.41) is 0. The third kappa shape index (κ3) is 1.29. The first-order valence-corrected chi connectivity index (χ1v) is 2.99. The molecule has 0 N–H and O–H groups in total. The van der Waals surface area contributed by atoms with E-state index in [-0.39, 0.29) is 4.43 Å². The minimum atomic E-state index is -0.803. The van der Waals surface area contributed by atoms with Crippen LogP contribution in [0.5, 0.6) is 0 Å². The van der Waals surface area contributed by atoms with Crippen LogP contribution >= 0.6 is 0 Å². The summed E-state index contributed by atoms with van der Waals surface area (Å²) in [4.78, 5) is 0. The maximum Gasteiger partial charge on any atom is 0.180 e. The van der Waals surface area contributed by atoms with Gasteiger partial charge in [0.15, 0.2) is 22.1 Å². The Bertz CT molecular complexity index is 202. The fourth-order valence-electron chi connectivity index (χ4n) is 0.520. The van der Waals surface area contributed by atoms with Gasteiger partial charge >= 0.3 is 0 Å². The SMILES string of the molecule is Fc1ccc[c]([Al])c1F. The van der Waals surface area contributed by atoms with Crippen LogP contribution in [0, 0.1) is 11.6 Å². The first-order valence-electron chi connectivity index (χ1n) is 2.41. The summed E-state index contributed by atoms with van der Waals surface area (Å²) in [6.45, 7) is 0. The summed E-state index contributed by atoms with van der Waals surface area (Å²) < 4.78 is 24.8. The summed E-state index contributed by atoms with van der Waals surface area (Å²) in [6.07, 6.45) is 0. The Labute approximate surface area is 59.9 Å². The number of hydrogen-bond acceptors (Lipinski definition) is 0. The van der Waals surface area contributed by atoms with E-state index in [0.717, 1.165) is 6.07 Å². The van der Waals surface area contributed by atoms with Gasteiger partial charge in [0.25, 0.3) is 0 Å². The highest BCUT2D eigenvalue weighted by molar-refractivity contribution is 6.32. The lowest BCUT2D eigenvalue weighted by atomic mass is 10.3. The van der Waals surface area contributed by atoms with E-state index in [2.05, 4.69) is 16.3 Å². The Morgan fingerprint density at radius 2 is 1.89 bits per heavy atom. The van der Waals surface area contributed by atoms with Crippen molar-refractivity contribution in [3.63, 3.8) is 0 Å². The minimum absolute atomic E-state index is 0.259. The van der Waals surface area contributed by atoms with Crippen LogP contribution in [0.25, 0.3) is 0 Å². The van der Waals surface area contributed by atoms with E-state index < -0.39 is 11.6 Å². The number of halogens is 2. The Morgan fingerprint density at radius 1 is 1.22 bits per heavy atom. The van der Waals surface area contributed by atoms with Crippen LogP contribution in [-0.4, -0.2) is 16.3 Å². The van der Waals surface area contributed by atoms with Crippen LogP contribution in [0.4, 0.5) is 8.78 Å². The molecular formula is C6H3AlF2. The molecule has 0 aliphatic rings. The predicted octanol–water partition coefficient (Wildman–Crippen LogP) is 0.759. The highest BCUT2D eigenvalue weighted by Gasteiger charge is 1.99. The van der Waals surface area contributed by atoms with E-state index in [1.54, 1.807) is 0 Å². The van der Waals surface area contributed by atoms with E-state index in [1.807, 2.05) is 0 Å². The van der Waals surface area contributed by atoms with E-state index in [9.17, 15) is 8.78 Å². The van der Waals surface area contributed by atoms with Crippen molar-refractivity contribution in [1.82, 2.24) is 0 Å². The molecular weight excluding hydrogens is 137 g/mol. The van der Waals surface area contributed by atoms with Crippen molar-refractivity contribution in [3.8, 4) is 0 Å². The summed E-state index contributed by atoms with van der Waals surface area (Å²) in [5.41, 5.74) is 0. The van der Waals surface area contributed by atoms with Crippen molar-refractivity contribution >= 4 is 20.7 Å². The van der Waals surface area contributed by atoms with Crippen molar-refractivity contribution < 1.29 is 8.78 Å². The van der Waals surface area contributed by atoms with E-state index in [0.29, 0.717) is 0 Å². The van der Waals surface area contributed by atoms with Gasteiger partial charge in [0.05, 0.1) is 0 Å². The monoisotopic (exact) mass is 140 g/mol. The lowest BCUT2D eigenvalue weighted by molar-refractivity contribution is 0.514. The number of hydrogen-bond donors (Lipinski definition) is 0. The Hall–Kier alpha value is -0.388. The van der Waals surface area contributed by atoms with Crippen molar-refractivity contribution in [1.29, 1.82) is 0 Å².